The van der Waals surface area contributed by atoms with Crippen molar-refractivity contribution >= 4 is 28.4 Å². The molecule has 2 aromatic heterocycles. The number of carbonyl (C=O) groups is 2. The molecule has 0 aliphatic carbocycles. The molecule has 2 aromatic carbocycles. The van der Waals surface area contributed by atoms with Gasteiger partial charge in [-0.3, -0.25) is 14.6 Å². The number of benzene rings is 2. The minimum atomic E-state index is -0.395. The summed E-state index contributed by atoms with van der Waals surface area (Å²) >= 11 is 0. The van der Waals surface area contributed by atoms with Gasteiger partial charge in [0.1, 0.15) is 11.5 Å². The third kappa shape index (κ3) is 4.45. The number of hydrogen-bond donors (Lipinski definition) is 2. The van der Waals surface area contributed by atoms with Gasteiger partial charge in [0.2, 0.25) is 0 Å². The van der Waals surface area contributed by atoms with E-state index < -0.39 is 5.82 Å². The van der Waals surface area contributed by atoms with Crippen LogP contribution in [0.3, 0.4) is 0 Å². The highest BCUT2D eigenvalue weighted by molar-refractivity contribution is 6.05. The summed E-state index contributed by atoms with van der Waals surface area (Å²) in [5.41, 5.74) is 3.38. The van der Waals surface area contributed by atoms with Gasteiger partial charge in [0.05, 0.1) is 0 Å². The number of carbonyl (C=O) groups excluding carboxylic acids is 2. The predicted octanol–water partition coefficient (Wildman–Crippen LogP) is 4.38. The Hall–Kier alpha value is -4.00. The number of pyridine rings is 1. The van der Waals surface area contributed by atoms with E-state index in [1.54, 1.807) is 18.5 Å². The number of anilines is 1. The summed E-state index contributed by atoms with van der Waals surface area (Å²) in [7, 11) is 0. The molecule has 0 spiro atoms. The Bertz CT molecular complexity index is 1230. The molecule has 0 saturated carbocycles. The Labute approximate surface area is 178 Å². The molecule has 0 saturated heterocycles. The largest absolute Gasteiger partial charge is 0.347 e. The quantitative estimate of drug-likeness (QED) is 0.490. The lowest BCUT2D eigenvalue weighted by Gasteiger charge is -2.09. The second-order valence-corrected chi connectivity index (χ2v) is 7.05. The Morgan fingerprint density at radius 3 is 2.42 bits per heavy atom. The lowest BCUT2D eigenvalue weighted by atomic mass is 10.2. The molecule has 2 N–H and O–H groups in total. The van der Waals surface area contributed by atoms with E-state index in [4.69, 9.17) is 0 Å². The van der Waals surface area contributed by atoms with Crippen LogP contribution in [-0.2, 0) is 13.1 Å². The summed E-state index contributed by atoms with van der Waals surface area (Å²) in [5.74, 6) is -0.898. The summed E-state index contributed by atoms with van der Waals surface area (Å²) in [6.07, 6.45) is 3.37. The van der Waals surface area contributed by atoms with E-state index in [1.807, 2.05) is 41.8 Å². The third-order valence-corrected chi connectivity index (χ3v) is 5.02. The van der Waals surface area contributed by atoms with Crippen LogP contribution in [0.2, 0.25) is 0 Å². The average molecular weight is 416 g/mol. The minimum Gasteiger partial charge on any atom is -0.347 e. The summed E-state index contributed by atoms with van der Waals surface area (Å²) in [4.78, 5) is 29.2. The number of aryl methyl sites for hydroxylation is 1. The topological polar surface area (TPSA) is 76.0 Å². The SMILES string of the molecule is CCn1c(C(=O)NCc2ccncc2)cc2cc(NC(=O)c3ccc(F)cc3)ccc21. The summed E-state index contributed by atoms with van der Waals surface area (Å²) in [6, 6.07) is 16.4. The summed E-state index contributed by atoms with van der Waals surface area (Å²) in [6.45, 7) is 3.01. The number of nitrogens with one attached hydrogen (secondary N) is 2. The lowest BCUT2D eigenvalue weighted by molar-refractivity contribution is 0.0941. The first-order valence-corrected chi connectivity index (χ1v) is 9.92. The van der Waals surface area contributed by atoms with Crippen LogP contribution in [0.15, 0.2) is 73.1 Å². The number of halogens is 1. The minimum absolute atomic E-state index is 0.174. The molecule has 7 heteroatoms. The number of fused-ring (bicyclic) bond motifs is 1. The highest BCUT2D eigenvalue weighted by Gasteiger charge is 2.15. The van der Waals surface area contributed by atoms with Gasteiger partial charge < -0.3 is 15.2 Å². The molecule has 2 heterocycles. The zero-order chi connectivity index (χ0) is 21.8. The van der Waals surface area contributed by atoms with Crippen molar-refractivity contribution in [2.45, 2.75) is 20.0 Å². The van der Waals surface area contributed by atoms with Gasteiger partial charge in [-0.1, -0.05) is 0 Å². The Balaban J connectivity index is 1.55. The Kier molecular flexibility index (Phi) is 5.75. The van der Waals surface area contributed by atoms with Gasteiger partial charge in [0, 0.05) is 47.6 Å². The smallest absolute Gasteiger partial charge is 0.268 e. The van der Waals surface area contributed by atoms with Crippen molar-refractivity contribution in [3.63, 3.8) is 0 Å². The van der Waals surface area contributed by atoms with Crippen LogP contribution in [0.1, 0.15) is 33.3 Å². The van der Waals surface area contributed by atoms with Crippen molar-refractivity contribution in [2.24, 2.45) is 0 Å². The van der Waals surface area contributed by atoms with Gasteiger partial charge >= 0.3 is 0 Å². The van der Waals surface area contributed by atoms with Crippen molar-refractivity contribution in [3.05, 3.63) is 95.7 Å². The molecule has 0 unspecified atom stereocenters. The molecule has 31 heavy (non-hydrogen) atoms. The molecule has 156 valence electrons. The highest BCUT2D eigenvalue weighted by Crippen LogP contribution is 2.24. The molecule has 0 fully saturated rings. The molecular weight excluding hydrogens is 395 g/mol. The Morgan fingerprint density at radius 1 is 0.968 bits per heavy atom. The molecule has 0 atom stereocenters. The molecule has 4 aromatic rings. The highest BCUT2D eigenvalue weighted by atomic mass is 19.1. The third-order valence-electron chi connectivity index (χ3n) is 5.02. The van der Waals surface area contributed by atoms with E-state index in [9.17, 15) is 14.0 Å². The van der Waals surface area contributed by atoms with Crippen LogP contribution in [-0.4, -0.2) is 21.4 Å². The first kappa shape index (κ1) is 20.3. The van der Waals surface area contributed by atoms with E-state index in [2.05, 4.69) is 15.6 Å². The van der Waals surface area contributed by atoms with Crippen molar-refractivity contribution in [3.8, 4) is 0 Å². The van der Waals surface area contributed by atoms with Gasteiger partial charge in [0.15, 0.2) is 0 Å². The van der Waals surface area contributed by atoms with Crippen LogP contribution in [0.4, 0.5) is 10.1 Å². The van der Waals surface area contributed by atoms with Crippen molar-refractivity contribution < 1.29 is 14.0 Å². The second kappa shape index (κ2) is 8.79. The fourth-order valence-electron chi connectivity index (χ4n) is 3.46. The molecule has 0 radical (unpaired) electrons. The number of nitrogens with zero attached hydrogens (tertiary/aromatic N) is 2. The number of hydrogen-bond acceptors (Lipinski definition) is 3. The van der Waals surface area contributed by atoms with Crippen molar-refractivity contribution in [1.29, 1.82) is 0 Å². The van der Waals surface area contributed by atoms with Gasteiger partial charge in [0.25, 0.3) is 11.8 Å². The monoisotopic (exact) mass is 416 g/mol. The van der Waals surface area contributed by atoms with Gasteiger partial charge in [-0.2, -0.15) is 0 Å². The fraction of sp³-hybridized carbons (Fsp3) is 0.125. The molecule has 4 rings (SSSR count). The normalized spacial score (nSPS) is 10.8. The first-order valence-electron chi connectivity index (χ1n) is 9.92. The first-order chi connectivity index (χ1) is 15.0. The molecule has 6 nitrogen and oxygen atoms in total. The predicted molar refractivity (Wildman–Crippen MR) is 117 cm³/mol. The molecular formula is C24H21FN4O2. The molecule has 0 bridgehead atoms. The number of rotatable bonds is 6. The Morgan fingerprint density at radius 2 is 1.71 bits per heavy atom. The van der Waals surface area contributed by atoms with Crippen LogP contribution in [0.5, 0.6) is 0 Å². The maximum Gasteiger partial charge on any atom is 0.268 e. The standard InChI is InChI=1S/C24H21FN4O2/c1-2-29-21-8-7-20(28-23(30)17-3-5-19(25)6-4-17)13-18(21)14-22(29)24(31)27-15-16-9-11-26-12-10-16/h3-14H,2,15H2,1H3,(H,27,31)(H,28,30). The van der Waals surface area contributed by atoms with E-state index in [-0.39, 0.29) is 11.8 Å². The van der Waals surface area contributed by atoms with Crippen molar-refractivity contribution in [2.75, 3.05) is 5.32 Å². The van der Waals surface area contributed by atoms with Gasteiger partial charge in [-0.05, 0) is 73.2 Å². The molecule has 0 aliphatic heterocycles. The number of aromatic nitrogens is 2. The van der Waals surface area contributed by atoms with E-state index in [0.717, 1.165) is 16.5 Å². The van der Waals surface area contributed by atoms with Crippen LogP contribution in [0, 0.1) is 5.82 Å². The molecule has 2 amide bonds. The summed E-state index contributed by atoms with van der Waals surface area (Å²) < 4.78 is 15.0. The van der Waals surface area contributed by atoms with Crippen LogP contribution < -0.4 is 10.6 Å². The van der Waals surface area contributed by atoms with E-state index in [1.165, 1.54) is 24.3 Å². The number of amides is 2. The van der Waals surface area contributed by atoms with Gasteiger partial charge in [-0.15, -0.1) is 0 Å². The summed E-state index contributed by atoms with van der Waals surface area (Å²) in [5, 5.41) is 6.59. The van der Waals surface area contributed by atoms with Crippen molar-refractivity contribution in [1.82, 2.24) is 14.9 Å². The zero-order valence-corrected chi connectivity index (χ0v) is 16.9. The van der Waals surface area contributed by atoms with Crippen LogP contribution >= 0.6 is 0 Å². The van der Waals surface area contributed by atoms with E-state index in [0.29, 0.717) is 30.0 Å². The lowest BCUT2D eigenvalue weighted by Crippen LogP contribution is -2.25. The van der Waals surface area contributed by atoms with Gasteiger partial charge in [-0.25, -0.2) is 4.39 Å². The maximum absolute atomic E-state index is 13.1. The fourth-order valence-corrected chi connectivity index (χ4v) is 3.46. The average Bonchev–Trinajstić information content (AvgIpc) is 3.16. The zero-order valence-electron chi connectivity index (χ0n) is 16.9. The van der Waals surface area contributed by atoms with Crippen LogP contribution in [0.25, 0.3) is 10.9 Å². The maximum atomic E-state index is 13.1. The molecule has 0 aliphatic rings. The van der Waals surface area contributed by atoms with E-state index >= 15 is 0 Å². The second-order valence-electron chi connectivity index (χ2n) is 7.05.